The molecule has 1 heterocycles. The Morgan fingerprint density at radius 3 is 2.95 bits per heavy atom. The summed E-state index contributed by atoms with van der Waals surface area (Å²) in [6.07, 6.45) is 3.58. The summed E-state index contributed by atoms with van der Waals surface area (Å²) in [6, 6.07) is 6.88. The normalized spacial score (nSPS) is 25.4. The summed E-state index contributed by atoms with van der Waals surface area (Å²) < 4.78 is 5.45. The summed E-state index contributed by atoms with van der Waals surface area (Å²) in [5, 5.41) is 0. The molecule has 1 aliphatic heterocycles. The molecule has 2 atom stereocenters. The molecule has 0 aromatic heterocycles. The van der Waals surface area contributed by atoms with Crippen LogP contribution < -0.4 is 4.74 Å². The molecule has 3 nitrogen and oxygen atoms in total. The number of fused-ring (bicyclic) bond motifs is 4. The maximum absolute atomic E-state index is 11.7. The van der Waals surface area contributed by atoms with Crippen LogP contribution in [0.25, 0.3) is 0 Å². The lowest BCUT2D eigenvalue weighted by molar-refractivity contribution is -0.137. The van der Waals surface area contributed by atoms with Crippen LogP contribution in [0.15, 0.2) is 18.2 Å². The predicted molar refractivity (Wildman–Crippen MR) is 79.0 cm³/mol. The molecular formula is C17H23NO2. The molecule has 0 N–H and O–H groups in total. The largest absolute Gasteiger partial charge is 0.426 e. The van der Waals surface area contributed by atoms with E-state index in [-0.39, 0.29) is 11.9 Å². The Balaban J connectivity index is 1.84. The van der Waals surface area contributed by atoms with E-state index < -0.39 is 0 Å². The summed E-state index contributed by atoms with van der Waals surface area (Å²) in [5.74, 6) is 1.11. The van der Waals surface area contributed by atoms with Gasteiger partial charge in [0.05, 0.1) is 5.92 Å². The minimum Gasteiger partial charge on any atom is -0.426 e. The SMILES string of the molecule is CC(C)C(=O)Oc1ccc2c(c1)C1CCN(C)C(C2)C1. The Morgan fingerprint density at radius 2 is 2.20 bits per heavy atom. The monoisotopic (exact) mass is 273 g/mol. The first-order valence-electron chi connectivity index (χ1n) is 7.59. The highest BCUT2D eigenvalue weighted by atomic mass is 16.5. The molecule has 1 fully saturated rings. The van der Waals surface area contributed by atoms with Crippen LogP contribution in [0.1, 0.15) is 43.7 Å². The van der Waals surface area contributed by atoms with Crippen molar-refractivity contribution in [1.82, 2.24) is 4.90 Å². The van der Waals surface area contributed by atoms with Gasteiger partial charge in [0.2, 0.25) is 0 Å². The molecular weight excluding hydrogens is 250 g/mol. The quantitative estimate of drug-likeness (QED) is 0.613. The molecule has 3 rings (SSSR count). The van der Waals surface area contributed by atoms with Crippen molar-refractivity contribution in [3.8, 4) is 5.75 Å². The van der Waals surface area contributed by atoms with Crippen LogP contribution in [0, 0.1) is 5.92 Å². The Kier molecular flexibility index (Phi) is 3.55. The van der Waals surface area contributed by atoms with Gasteiger partial charge in [-0.1, -0.05) is 19.9 Å². The first-order chi connectivity index (χ1) is 9.54. The number of ether oxygens (including phenoxy) is 1. The second kappa shape index (κ2) is 5.21. The Bertz CT molecular complexity index is 524. The smallest absolute Gasteiger partial charge is 0.313 e. The second-order valence-corrected chi connectivity index (χ2v) is 6.50. The van der Waals surface area contributed by atoms with Crippen molar-refractivity contribution in [1.29, 1.82) is 0 Å². The van der Waals surface area contributed by atoms with Crippen molar-refractivity contribution in [2.24, 2.45) is 5.92 Å². The summed E-state index contributed by atoms with van der Waals surface area (Å²) >= 11 is 0. The first kappa shape index (κ1) is 13.6. The number of hydrogen-bond donors (Lipinski definition) is 0. The predicted octanol–water partition coefficient (Wildman–Crippen LogP) is 2.98. The molecule has 1 aromatic carbocycles. The van der Waals surface area contributed by atoms with Gasteiger partial charge in [0.1, 0.15) is 5.75 Å². The van der Waals surface area contributed by atoms with Crippen LogP contribution in [0.2, 0.25) is 0 Å². The molecule has 0 amide bonds. The fourth-order valence-corrected chi connectivity index (χ4v) is 3.38. The molecule has 3 heteroatoms. The van der Waals surface area contributed by atoms with Crippen LogP contribution in [-0.4, -0.2) is 30.5 Å². The maximum atomic E-state index is 11.7. The fraction of sp³-hybridized carbons (Fsp3) is 0.588. The van der Waals surface area contributed by atoms with Gasteiger partial charge in [0.15, 0.2) is 0 Å². The molecule has 2 bridgehead atoms. The number of esters is 1. The van der Waals surface area contributed by atoms with Gasteiger partial charge in [0.25, 0.3) is 0 Å². The average Bonchev–Trinajstić information content (AvgIpc) is 2.43. The molecule has 1 saturated heterocycles. The second-order valence-electron chi connectivity index (χ2n) is 6.50. The lowest BCUT2D eigenvalue weighted by Crippen LogP contribution is -2.43. The van der Waals surface area contributed by atoms with E-state index in [9.17, 15) is 4.79 Å². The van der Waals surface area contributed by atoms with Gasteiger partial charge in [-0.25, -0.2) is 0 Å². The molecule has 0 saturated carbocycles. The van der Waals surface area contributed by atoms with Crippen molar-refractivity contribution < 1.29 is 9.53 Å². The minimum absolute atomic E-state index is 0.0845. The van der Waals surface area contributed by atoms with Gasteiger partial charge in [-0.15, -0.1) is 0 Å². The van der Waals surface area contributed by atoms with E-state index in [1.165, 1.54) is 30.5 Å². The van der Waals surface area contributed by atoms with Crippen molar-refractivity contribution >= 4 is 5.97 Å². The number of hydrogen-bond acceptors (Lipinski definition) is 3. The number of carbonyl (C=O) groups is 1. The molecule has 1 aliphatic carbocycles. The third-order valence-electron chi connectivity index (χ3n) is 4.71. The van der Waals surface area contributed by atoms with Crippen LogP contribution in [0.3, 0.4) is 0 Å². The Labute approximate surface area is 120 Å². The molecule has 0 radical (unpaired) electrons. The summed E-state index contributed by atoms with van der Waals surface area (Å²) in [6.45, 7) is 4.90. The van der Waals surface area contributed by atoms with Gasteiger partial charge in [-0.2, -0.15) is 0 Å². The lowest BCUT2D eigenvalue weighted by atomic mass is 9.75. The number of piperidine rings is 1. The number of carbonyl (C=O) groups excluding carboxylic acids is 1. The van der Waals surface area contributed by atoms with Crippen LogP contribution in [-0.2, 0) is 11.2 Å². The van der Waals surface area contributed by atoms with Gasteiger partial charge in [-0.3, -0.25) is 4.79 Å². The zero-order chi connectivity index (χ0) is 14.3. The van der Waals surface area contributed by atoms with E-state index >= 15 is 0 Å². The van der Waals surface area contributed by atoms with Gasteiger partial charge >= 0.3 is 5.97 Å². The molecule has 0 spiro atoms. The average molecular weight is 273 g/mol. The van der Waals surface area contributed by atoms with Gasteiger partial charge in [-0.05, 0) is 62.0 Å². The molecule has 1 aromatic rings. The van der Waals surface area contributed by atoms with E-state index in [1.807, 2.05) is 19.9 Å². The van der Waals surface area contributed by atoms with Crippen LogP contribution in [0.4, 0.5) is 0 Å². The Hall–Kier alpha value is -1.35. The van der Waals surface area contributed by atoms with E-state index in [0.29, 0.717) is 17.7 Å². The standard InChI is InChI=1S/C17H23NO2/c1-11(2)17(19)20-15-5-4-12-8-14-9-13(16(12)10-15)6-7-18(14)3/h4-5,10-11,13-14H,6-9H2,1-3H3. The van der Waals surface area contributed by atoms with Crippen LogP contribution in [0.5, 0.6) is 5.75 Å². The first-order valence-corrected chi connectivity index (χ1v) is 7.59. The zero-order valence-corrected chi connectivity index (χ0v) is 12.6. The third-order valence-corrected chi connectivity index (χ3v) is 4.71. The summed E-state index contributed by atoms with van der Waals surface area (Å²) in [7, 11) is 2.23. The highest BCUT2D eigenvalue weighted by Crippen LogP contribution is 2.40. The topological polar surface area (TPSA) is 29.5 Å². The molecule has 20 heavy (non-hydrogen) atoms. The lowest BCUT2D eigenvalue weighted by Gasteiger charge is -2.42. The Morgan fingerprint density at radius 1 is 1.40 bits per heavy atom. The van der Waals surface area contributed by atoms with Gasteiger partial charge in [0, 0.05) is 6.04 Å². The fourth-order valence-electron chi connectivity index (χ4n) is 3.38. The van der Waals surface area contributed by atoms with Crippen molar-refractivity contribution in [2.75, 3.05) is 13.6 Å². The van der Waals surface area contributed by atoms with Gasteiger partial charge < -0.3 is 9.64 Å². The van der Waals surface area contributed by atoms with E-state index in [2.05, 4.69) is 24.1 Å². The van der Waals surface area contributed by atoms with E-state index in [4.69, 9.17) is 4.74 Å². The van der Waals surface area contributed by atoms with Crippen molar-refractivity contribution in [3.05, 3.63) is 29.3 Å². The zero-order valence-electron chi connectivity index (χ0n) is 12.6. The number of nitrogens with zero attached hydrogens (tertiary/aromatic N) is 1. The molecule has 2 unspecified atom stereocenters. The molecule has 108 valence electrons. The molecule has 2 aliphatic rings. The van der Waals surface area contributed by atoms with Crippen molar-refractivity contribution in [2.45, 2.75) is 45.1 Å². The third kappa shape index (κ3) is 2.47. The van der Waals surface area contributed by atoms with E-state index in [1.54, 1.807) is 0 Å². The number of rotatable bonds is 2. The number of likely N-dealkylation sites (N-methyl/N-ethyl adjacent to an activating group) is 1. The van der Waals surface area contributed by atoms with E-state index in [0.717, 1.165) is 6.42 Å². The minimum atomic E-state index is -0.151. The highest BCUT2D eigenvalue weighted by Gasteiger charge is 2.33. The summed E-state index contributed by atoms with van der Waals surface area (Å²) in [4.78, 5) is 14.2. The maximum Gasteiger partial charge on any atom is 0.313 e. The van der Waals surface area contributed by atoms with Crippen molar-refractivity contribution in [3.63, 3.8) is 0 Å². The summed E-state index contributed by atoms with van der Waals surface area (Å²) in [5.41, 5.74) is 2.84. The van der Waals surface area contributed by atoms with Crippen LogP contribution >= 0.6 is 0 Å². The number of likely N-dealkylation sites (tertiary alicyclic amines) is 1. The number of benzene rings is 1. The highest BCUT2D eigenvalue weighted by molar-refractivity contribution is 5.74.